The van der Waals surface area contributed by atoms with Gasteiger partial charge in [0, 0.05) is 19.7 Å². The number of rotatable bonds is 3. The molecule has 0 unspecified atom stereocenters. The monoisotopic (exact) mass is 307 g/mol. The molecular weight excluding hydrogens is 290 g/mol. The number of hydrogen-bond acceptors (Lipinski definition) is 3. The van der Waals surface area contributed by atoms with Crippen molar-refractivity contribution in [2.75, 3.05) is 7.05 Å². The molecule has 0 aliphatic heterocycles. The van der Waals surface area contributed by atoms with Crippen LogP contribution in [-0.2, 0) is 13.6 Å². The van der Waals surface area contributed by atoms with E-state index in [9.17, 15) is 9.59 Å². The fourth-order valence-electron chi connectivity index (χ4n) is 2.54. The molecule has 2 aromatic carbocycles. The Labute approximate surface area is 133 Å². The van der Waals surface area contributed by atoms with Crippen molar-refractivity contribution in [3.8, 4) is 0 Å². The van der Waals surface area contributed by atoms with Crippen LogP contribution in [0.4, 0.5) is 0 Å². The maximum absolute atomic E-state index is 12.4. The fraction of sp³-hybridized carbons (Fsp3) is 0.167. The average molecular weight is 307 g/mol. The summed E-state index contributed by atoms with van der Waals surface area (Å²) >= 11 is 0. The molecule has 0 aliphatic rings. The molecule has 0 saturated carbocycles. The van der Waals surface area contributed by atoms with Crippen molar-refractivity contribution in [2.45, 2.75) is 6.54 Å². The van der Waals surface area contributed by atoms with E-state index in [1.165, 1.54) is 4.90 Å². The maximum Gasteiger partial charge on any atom is 0.274 e. The third-order valence-corrected chi connectivity index (χ3v) is 3.80. The predicted molar refractivity (Wildman–Crippen MR) is 89.2 cm³/mol. The molecule has 1 heterocycles. The third-order valence-electron chi connectivity index (χ3n) is 3.80. The van der Waals surface area contributed by atoms with Crippen LogP contribution in [0.15, 0.2) is 59.4 Å². The van der Waals surface area contributed by atoms with E-state index in [-0.39, 0.29) is 18.0 Å². The quantitative estimate of drug-likeness (QED) is 0.745. The Hall–Kier alpha value is -2.95. The van der Waals surface area contributed by atoms with E-state index < -0.39 is 0 Å². The first kappa shape index (κ1) is 15.0. The molecule has 5 heteroatoms. The molecule has 0 radical (unpaired) electrons. The molecular formula is C18H17N3O2. The van der Waals surface area contributed by atoms with Gasteiger partial charge in [0.15, 0.2) is 0 Å². The van der Waals surface area contributed by atoms with Gasteiger partial charge in [-0.1, -0.05) is 30.3 Å². The smallest absolute Gasteiger partial charge is 0.274 e. The zero-order valence-corrected chi connectivity index (χ0v) is 13.1. The van der Waals surface area contributed by atoms with Crippen LogP contribution < -0.4 is 5.56 Å². The number of fused-ring (bicyclic) bond motifs is 1. The van der Waals surface area contributed by atoms with Crippen molar-refractivity contribution in [1.82, 2.24) is 14.5 Å². The minimum absolute atomic E-state index is 0.136. The Kier molecular flexibility index (Phi) is 3.93. The van der Waals surface area contributed by atoms with Crippen LogP contribution in [0.25, 0.3) is 11.0 Å². The fourth-order valence-corrected chi connectivity index (χ4v) is 2.54. The summed E-state index contributed by atoms with van der Waals surface area (Å²) in [4.78, 5) is 30.8. The molecule has 0 fully saturated rings. The molecule has 3 aromatic rings. The average Bonchev–Trinajstić information content (AvgIpc) is 2.59. The first-order valence-electron chi connectivity index (χ1n) is 7.33. The topological polar surface area (TPSA) is 55.2 Å². The number of carbonyl (C=O) groups excluding carboxylic acids is 1. The lowest BCUT2D eigenvalue weighted by Gasteiger charge is -2.17. The molecule has 23 heavy (non-hydrogen) atoms. The highest BCUT2D eigenvalue weighted by Crippen LogP contribution is 2.10. The van der Waals surface area contributed by atoms with Crippen molar-refractivity contribution < 1.29 is 4.79 Å². The molecule has 1 aromatic heterocycles. The Morgan fingerprint density at radius 3 is 2.48 bits per heavy atom. The third kappa shape index (κ3) is 2.85. The molecule has 0 saturated heterocycles. The summed E-state index contributed by atoms with van der Waals surface area (Å²) in [6, 6.07) is 16.5. The van der Waals surface area contributed by atoms with Gasteiger partial charge in [-0.15, -0.1) is 0 Å². The molecule has 116 valence electrons. The van der Waals surface area contributed by atoms with Crippen LogP contribution in [0.5, 0.6) is 0 Å². The minimum Gasteiger partial charge on any atom is -0.336 e. The van der Waals surface area contributed by atoms with Gasteiger partial charge in [0.05, 0.1) is 17.6 Å². The van der Waals surface area contributed by atoms with Crippen molar-refractivity contribution in [1.29, 1.82) is 0 Å². The molecule has 5 nitrogen and oxygen atoms in total. The Balaban J connectivity index is 1.94. The molecule has 0 spiro atoms. The van der Waals surface area contributed by atoms with Gasteiger partial charge in [-0.2, -0.15) is 0 Å². The molecule has 0 N–H and O–H groups in total. The largest absolute Gasteiger partial charge is 0.336 e. The Morgan fingerprint density at radius 1 is 1.09 bits per heavy atom. The van der Waals surface area contributed by atoms with Crippen LogP contribution in [0.2, 0.25) is 0 Å². The lowest BCUT2D eigenvalue weighted by molar-refractivity contribution is 0.0783. The zero-order chi connectivity index (χ0) is 16.4. The van der Waals surface area contributed by atoms with Gasteiger partial charge in [-0.3, -0.25) is 9.59 Å². The van der Waals surface area contributed by atoms with E-state index in [0.29, 0.717) is 11.3 Å². The highest BCUT2D eigenvalue weighted by molar-refractivity contribution is 5.93. The van der Waals surface area contributed by atoms with Gasteiger partial charge < -0.3 is 9.47 Å². The summed E-state index contributed by atoms with van der Waals surface area (Å²) in [6.45, 7) is 0.172. The lowest BCUT2D eigenvalue weighted by atomic mass is 10.2. The molecule has 0 atom stereocenters. The second-order valence-electron chi connectivity index (χ2n) is 5.44. The van der Waals surface area contributed by atoms with E-state index in [4.69, 9.17) is 0 Å². The van der Waals surface area contributed by atoms with Gasteiger partial charge in [-0.05, 0) is 24.3 Å². The number of aromatic nitrogens is 2. The van der Waals surface area contributed by atoms with Crippen molar-refractivity contribution in [3.63, 3.8) is 0 Å². The molecule has 3 rings (SSSR count). The van der Waals surface area contributed by atoms with E-state index in [2.05, 4.69) is 4.98 Å². The summed E-state index contributed by atoms with van der Waals surface area (Å²) in [5.41, 5.74) is 2.28. The van der Waals surface area contributed by atoms with Gasteiger partial charge in [0.25, 0.3) is 11.5 Å². The predicted octanol–water partition coefficient (Wildman–Crippen LogP) is 2.21. The van der Waals surface area contributed by atoms with Crippen molar-refractivity contribution in [3.05, 3.63) is 76.2 Å². The summed E-state index contributed by atoms with van der Waals surface area (Å²) in [7, 11) is 3.39. The highest BCUT2D eigenvalue weighted by atomic mass is 16.2. The highest BCUT2D eigenvalue weighted by Gasteiger charge is 2.15. The number of nitrogens with zero attached hydrogens (tertiary/aromatic N) is 3. The van der Waals surface area contributed by atoms with Gasteiger partial charge >= 0.3 is 0 Å². The Morgan fingerprint density at radius 2 is 1.74 bits per heavy atom. The van der Waals surface area contributed by atoms with Gasteiger partial charge in [0.2, 0.25) is 0 Å². The number of carbonyl (C=O) groups is 1. The summed E-state index contributed by atoms with van der Waals surface area (Å²) < 4.78 is 1.57. The zero-order valence-electron chi connectivity index (χ0n) is 13.1. The van der Waals surface area contributed by atoms with Crippen molar-refractivity contribution >= 4 is 16.9 Å². The van der Waals surface area contributed by atoms with Crippen LogP contribution in [-0.4, -0.2) is 27.4 Å². The summed E-state index contributed by atoms with van der Waals surface area (Å²) in [5.74, 6) is -0.136. The Bertz CT molecular complexity index is 916. The van der Waals surface area contributed by atoms with Crippen molar-refractivity contribution in [2.24, 2.45) is 7.05 Å². The molecule has 0 bridgehead atoms. The van der Waals surface area contributed by atoms with E-state index in [1.54, 1.807) is 30.8 Å². The van der Waals surface area contributed by atoms with Crippen LogP contribution >= 0.6 is 0 Å². The second kappa shape index (κ2) is 6.04. The second-order valence-corrected chi connectivity index (χ2v) is 5.44. The number of aryl methyl sites for hydroxylation is 1. The van der Waals surface area contributed by atoms with E-state index in [0.717, 1.165) is 11.0 Å². The van der Waals surface area contributed by atoms with Crippen LogP contribution in [0, 0.1) is 0 Å². The minimum atomic E-state index is -0.184. The van der Waals surface area contributed by atoms with Crippen LogP contribution in [0.3, 0.4) is 0 Å². The van der Waals surface area contributed by atoms with Crippen LogP contribution in [0.1, 0.15) is 16.1 Å². The maximum atomic E-state index is 12.4. The first-order valence-corrected chi connectivity index (χ1v) is 7.33. The first-order chi connectivity index (χ1) is 11.1. The summed E-state index contributed by atoms with van der Waals surface area (Å²) in [5, 5.41) is 0. The standard InChI is InChI=1S/C18H17N3O2/c1-20(17(22)13-8-4-3-5-9-13)12-15-18(23)21(2)16-11-7-6-10-14(16)19-15/h3-11H,12H2,1-2H3. The van der Waals surface area contributed by atoms with E-state index in [1.807, 2.05) is 42.5 Å². The molecule has 0 aliphatic carbocycles. The lowest BCUT2D eigenvalue weighted by Crippen LogP contribution is -2.32. The number of amides is 1. The van der Waals surface area contributed by atoms with E-state index >= 15 is 0 Å². The summed E-state index contributed by atoms with van der Waals surface area (Å²) in [6.07, 6.45) is 0. The van der Waals surface area contributed by atoms with Gasteiger partial charge in [0.1, 0.15) is 5.69 Å². The number of para-hydroxylation sites is 2. The number of hydrogen-bond donors (Lipinski definition) is 0. The number of benzene rings is 2. The SMILES string of the molecule is CN(Cc1nc2ccccc2n(C)c1=O)C(=O)c1ccccc1. The molecule has 1 amide bonds. The van der Waals surface area contributed by atoms with Gasteiger partial charge in [-0.25, -0.2) is 4.98 Å². The normalized spacial score (nSPS) is 10.7.